The van der Waals surface area contributed by atoms with Crippen molar-refractivity contribution >= 4 is 5.97 Å². The maximum atomic E-state index is 11.5. The van der Waals surface area contributed by atoms with Crippen LogP contribution in [0.2, 0.25) is 0 Å². The molecule has 1 saturated heterocycles. The van der Waals surface area contributed by atoms with Crippen molar-refractivity contribution in [1.82, 2.24) is 4.90 Å². The Morgan fingerprint density at radius 3 is 2.28 bits per heavy atom. The van der Waals surface area contributed by atoms with Gasteiger partial charge in [-0.05, 0) is 23.8 Å². The largest absolute Gasteiger partial charge is 0.480 e. The molecule has 1 aromatic carbocycles. The predicted molar refractivity (Wildman–Crippen MR) is 71.4 cm³/mol. The molecule has 0 aromatic heterocycles. The fraction of sp³-hybridized carbons (Fsp3) is 0.533. The molecule has 1 aliphatic rings. The first kappa shape index (κ1) is 13.1. The van der Waals surface area contributed by atoms with Crippen molar-refractivity contribution in [3.05, 3.63) is 35.9 Å². The highest BCUT2D eigenvalue weighted by Gasteiger charge is 2.45. The second kappa shape index (κ2) is 5.11. The summed E-state index contributed by atoms with van der Waals surface area (Å²) in [7, 11) is 0. The standard InChI is InChI=1S/C15H21NO2/c1-3-15(4-2)10-16(11-15)13(14(17)18)12-8-6-5-7-9-12/h5-9,13H,3-4,10-11H2,1-2H3,(H,17,18). The molecule has 18 heavy (non-hydrogen) atoms. The molecule has 2 rings (SSSR count). The van der Waals surface area contributed by atoms with Crippen LogP contribution in [0.5, 0.6) is 0 Å². The molecule has 1 aliphatic heterocycles. The number of benzene rings is 1. The number of hydrogen-bond donors (Lipinski definition) is 1. The van der Waals surface area contributed by atoms with E-state index in [9.17, 15) is 9.90 Å². The number of likely N-dealkylation sites (tertiary alicyclic amines) is 1. The molecule has 1 aromatic rings. The van der Waals surface area contributed by atoms with E-state index in [1.807, 2.05) is 30.3 Å². The lowest BCUT2D eigenvalue weighted by molar-refractivity contribution is -0.150. The summed E-state index contributed by atoms with van der Waals surface area (Å²) in [6.45, 7) is 6.18. The molecule has 1 atom stereocenters. The summed E-state index contributed by atoms with van der Waals surface area (Å²) < 4.78 is 0. The van der Waals surface area contributed by atoms with Gasteiger partial charge in [-0.3, -0.25) is 9.69 Å². The molecule has 1 unspecified atom stereocenters. The zero-order valence-corrected chi connectivity index (χ0v) is 11.1. The predicted octanol–water partition coefficient (Wildman–Crippen LogP) is 2.93. The van der Waals surface area contributed by atoms with Crippen LogP contribution in [-0.4, -0.2) is 29.1 Å². The number of carboxylic acids is 1. The molecule has 0 radical (unpaired) electrons. The van der Waals surface area contributed by atoms with Gasteiger partial charge in [0, 0.05) is 13.1 Å². The van der Waals surface area contributed by atoms with Gasteiger partial charge in [0.2, 0.25) is 0 Å². The van der Waals surface area contributed by atoms with Gasteiger partial charge in [-0.15, -0.1) is 0 Å². The lowest BCUT2D eigenvalue weighted by atomic mass is 9.74. The van der Waals surface area contributed by atoms with E-state index in [4.69, 9.17) is 0 Å². The van der Waals surface area contributed by atoms with Gasteiger partial charge in [-0.2, -0.15) is 0 Å². The van der Waals surface area contributed by atoms with Gasteiger partial charge < -0.3 is 5.11 Å². The Balaban J connectivity index is 2.13. The summed E-state index contributed by atoms with van der Waals surface area (Å²) in [5, 5.41) is 9.44. The minimum Gasteiger partial charge on any atom is -0.480 e. The average Bonchev–Trinajstić information content (AvgIpc) is 2.34. The third kappa shape index (κ3) is 2.27. The molecule has 0 saturated carbocycles. The van der Waals surface area contributed by atoms with Crippen LogP contribution >= 0.6 is 0 Å². The van der Waals surface area contributed by atoms with E-state index < -0.39 is 12.0 Å². The van der Waals surface area contributed by atoms with E-state index in [0.717, 1.165) is 31.5 Å². The van der Waals surface area contributed by atoms with Crippen LogP contribution in [0.1, 0.15) is 38.3 Å². The van der Waals surface area contributed by atoms with Crippen molar-refractivity contribution in [3.8, 4) is 0 Å². The van der Waals surface area contributed by atoms with Crippen LogP contribution in [-0.2, 0) is 4.79 Å². The van der Waals surface area contributed by atoms with Crippen LogP contribution in [0.3, 0.4) is 0 Å². The monoisotopic (exact) mass is 247 g/mol. The number of nitrogens with zero attached hydrogens (tertiary/aromatic N) is 1. The van der Waals surface area contributed by atoms with E-state index >= 15 is 0 Å². The van der Waals surface area contributed by atoms with Crippen molar-refractivity contribution in [2.45, 2.75) is 32.7 Å². The van der Waals surface area contributed by atoms with Crippen molar-refractivity contribution in [2.75, 3.05) is 13.1 Å². The van der Waals surface area contributed by atoms with E-state index in [0.29, 0.717) is 5.41 Å². The van der Waals surface area contributed by atoms with E-state index in [1.165, 1.54) is 0 Å². The van der Waals surface area contributed by atoms with Crippen molar-refractivity contribution in [2.24, 2.45) is 5.41 Å². The third-order valence-electron chi connectivity index (χ3n) is 4.29. The van der Waals surface area contributed by atoms with Gasteiger partial charge in [-0.25, -0.2) is 0 Å². The maximum absolute atomic E-state index is 11.5. The highest BCUT2D eigenvalue weighted by Crippen LogP contribution is 2.41. The van der Waals surface area contributed by atoms with Gasteiger partial charge >= 0.3 is 5.97 Å². The summed E-state index contributed by atoms with van der Waals surface area (Å²) in [5.74, 6) is -0.748. The fourth-order valence-corrected chi connectivity index (χ4v) is 2.84. The Hall–Kier alpha value is -1.35. The van der Waals surface area contributed by atoms with Crippen LogP contribution in [0, 0.1) is 5.41 Å². The number of carbonyl (C=O) groups is 1. The minimum absolute atomic E-state index is 0.336. The highest BCUT2D eigenvalue weighted by molar-refractivity contribution is 5.75. The summed E-state index contributed by atoms with van der Waals surface area (Å²) in [6, 6.07) is 9.03. The van der Waals surface area contributed by atoms with Gasteiger partial charge in [-0.1, -0.05) is 44.2 Å². The van der Waals surface area contributed by atoms with Crippen LogP contribution in [0.15, 0.2) is 30.3 Å². The number of aliphatic carboxylic acids is 1. The summed E-state index contributed by atoms with van der Waals surface area (Å²) in [5.41, 5.74) is 1.22. The normalized spacial score (nSPS) is 20.1. The molecule has 0 aliphatic carbocycles. The van der Waals surface area contributed by atoms with E-state index in [2.05, 4.69) is 18.7 Å². The topological polar surface area (TPSA) is 40.5 Å². The molecular weight excluding hydrogens is 226 g/mol. The third-order valence-corrected chi connectivity index (χ3v) is 4.29. The Morgan fingerprint density at radius 2 is 1.83 bits per heavy atom. The first-order chi connectivity index (χ1) is 8.62. The molecule has 3 heteroatoms. The minimum atomic E-state index is -0.748. The van der Waals surface area contributed by atoms with Gasteiger partial charge in [0.05, 0.1) is 0 Å². The molecule has 0 bridgehead atoms. The Bertz CT molecular complexity index is 404. The molecular formula is C15H21NO2. The SMILES string of the molecule is CCC1(CC)CN(C(C(=O)O)c2ccccc2)C1. The van der Waals surface area contributed by atoms with Gasteiger partial charge in [0.1, 0.15) is 6.04 Å². The Labute approximate surface area is 108 Å². The van der Waals surface area contributed by atoms with Crippen LogP contribution in [0.4, 0.5) is 0 Å². The molecule has 3 nitrogen and oxygen atoms in total. The second-order valence-corrected chi connectivity index (χ2v) is 5.26. The summed E-state index contributed by atoms with van der Waals surface area (Å²) in [4.78, 5) is 13.6. The molecule has 0 amide bonds. The smallest absolute Gasteiger partial charge is 0.325 e. The molecule has 0 spiro atoms. The molecule has 98 valence electrons. The maximum Gasteiger partial charge on any atom is 0.325 e. The van der Waals surface area contributed by atoms with Gasteiger partial charge in [0.25, 0.3) is 0 Å². The lowest BCUT2D eigenvalue weighted by Gasteiger charge is -2.52. The van der Waals surface area contributed by atoms with Crippen LogP contribution < -0.4 is 0 Å². The van der Waals surface area contributed by atoms with Crippen molar-refractivity contribution < 1.29 is 9.90 Å². The van der Waals surface area contributed by atoms with Crippen molar-refractivity contribution in [3.63, 3.8) is 0 Å². The lowest BCUT2D eigenvalue weighted by Crippen LogP contribution is -2.58. The zero-order valence-electron chi connectivity index (χ0n) is 11.1. The Kier molecular flexibility index (Phi) is 3.71. The molecule has 1 heterocycles. The summed E-state index contributed by atoms with van der Waals surface area (Å²) in [6.07, 6.45) is 2.25. The highest BCUT2D eigenvalue weighted by atomic mass is 16.4. The quantitative estimate of drug-likeness (QED) is 0.869. The van der Waals surface area contributed by atoms with Crippen LogP contribution in [0.25, 0.3) is 0 Å². The van der Waals surface area contributed by atoms with Crippen molar-refractivity contribution in [1.29, 1.82) is 0 Å². The van der Waals surface area contributed by atoms with E-state index in [-0.39, 0.29) is 0 Å². The summed E-state index contributed by atoms with van der Waals surface area (Å²) >= 11 is 0. The number of rotatable bonds is 5. The fourth-order valence-electron chi connectivity index (χ4n) is 2.84. The average molecular weight is 247 g/mol. The first-order valence-electron chi connectivity index (χ1n) is 6.63. The number of carboxylic acid groups (broad SMARTS) is 1. The van der Waals surface area contributed by atoms with Gasteiger partial charge in [0.15, 0.2) is 0 Å². The molecule has 1 fully saturated rings. The second-order valence-electron chi connectivity index (χ2n) is 5.26. The molecule has 1 N–H and O–H groups in total. The van der Waals surface area contributed by atoms with E-state index in [1.54, 1.807) is 0 Å². The first-order valence-corrected chi connectivity index (χ1v) is 6.63. The Morgan fingerprint density at radius 1 is 1.28 bits per heavy atom. The number of hydrogen-bond acceptors (Lipinski definition) is 2. The zero-order chi connectivity index (χ0) is 13.2.